The van der Waals surface area contributed by atoms with Crippen molar-refractivity contribution in [2.24, 2.45) is 5.10 Å². The highest BCUT2D eigenvalue weighted by Gasteiger charge is 2.51. The third-order valence-electron chi connectivity index (χ3n) is 8.57. The van der Waals surface area contributed by atoms with Crippen LogP contribution in [-0.2, 0) is 29.4 Å². The lowest BCUT2D eigenvalue weighted by Gasteiger charge is -2.32. The van der Waals surface area contributed by atoms with E-state index in [0.29, 0.717) is 11.1 Å². The number of rotatable bonds is 11. The zero-order chi connectivity index (χ0) is 34.0. The van der Waals surface area contributed by atoms with Gasteiger partial charge in [0.05, 0.1) is 27.2 Å². The molecule has 1 unspecified atom stereocenters. The van der Waals surface area contributed by atoms with Crippen molar-refractivity contribution in [3.63, 3.8) is 0 Å². The fourth-order valence-corrected chi connectivity index (χ4v) is 7.44. The third kappa shape index (κ3) is 7.68. The maximum Gasteiger partial charge on any atom is 0.494 e. The Kier molecular flexibility index (Phi) is 9.82. The number of sulfonamides is 2. The molecule has 1 atom stereocenters. The number of benzene rings is 4. The van der Waals surface area contributed by atoms with Gasteiger partial charge in [0.15, 0.2) is 0 Å². The van der Waals surface area contributed by atoms with E-state index in [0.717, 1.165) is 21.0 Å². The van der Waals surface area contributed by atoms with Gasteiger partial charge in [-0.2, -0.15) is 17.9 Å². The highest BCUT2D eigenvalue weighted by molar-refractivity contribution is 7.89. The van der Waals surface area contributed by atoms with E-state index in [1.165, 1.54) is 30.5 Å². The Hall–Kier alpha value is -3.81. The van der Waals surface area contributed by atoms with Crippen molar-refractivity contribution in [1.82, 2.24) is 9.14 Å². The van der Waals surface area contributed by atoms with Crippen molar-refractivity contribution in [2.45, 2.75) is 68.6 Å². The Morgan fingerprint density at radius 3 is 1.89 bits per heavy atom. The summed E-state index contributed by atoms with van der Waals surface area (Å²) in [5.74, 6) is 0. The molecular formula is C35H40BN3O6S2. The first-order chi connectivity index (χ1) is 22.1. The molecule has 0 spiro atoms. The maximum absolute atomic E-state index is 14.3. The molecule has 0 radical (unpaired) electrons. The van der Waals surface area contributed by atoms with Crippen molar-refractivity contribution in [3.8, 4) is 0 Å². The summed E-state index contributed by atoms with van der Waals surface area (Å²) in [7, 11) is -8.88. The summed E-state index contributed by atoms with van der Waals surface area (Å²) >= 11 is 0. The number of hydrogen-bond acceptors (Lipinski definition) is 7. The largest absolute Gasteiger partial charge is 0.494 e. The van der Waals surface area contributed by atoms with Crippen molar-refractivity contribution in [1.29, 1.82) is 0 Å². The molecule has 1 saturated heterocycles. The molecule has 9 nitrogen and oxygen atoms in total. The van der Waals surface area contributed by atoms with E-state index in [4.69, 9.17) is 9.31 Å². The molecule has 1 N–H and O–H groups in total. The monoisotopic (exact) mass is 673 g/mol. The quantitative estimate of drug-likeness (QED) is 0.131. The molecule has 0 saturated carbocycles. The highest BCUT2D eigenvalue weighted by atomic mass is 32.2. The smallest absolute Gasteiger partial charge is 0.399 e. The molecule has 5 rings (SSSR count). The second-order valence-electron chi connectivity index (χ2n) is 12.7. The van der Waals surface area contributed by atoms with Gasteiger partial charge in [-0.1, -0.05) is 90.0 Å². The van der Waals surface area contributed by atoms with Crippen molar-refractivity contribution in [2.75, 3.05) is 6.54 Å². The maximum atomic E-state index is 14.3. The van der Waals surface area contributed by atoms with Gasteiger partial charge in [-0.05, 0) is 82.4 Å². The fraction of sp³-hybridized carbons (Fsp3) is 0.286. The van der Waals surface area contributed by atoms with Crippen LogP contribution in [0, 0.1) is 13.8 Å². The molecular weight excluding hydrogens is 633 g/mol. The first-order valence-electron chi connectivity index (χ1n) is 15.3. The molecule has 0 aromatic heterocycles. The molecule has 47 heavy (non-hydrogen) atoms. The Bertz CT molecular complexity index is 1930. The fourth-order valence-electron chi connectivity index (χ4n) is 5.00. The van der Waals surface area contributed by atoms with E-state index >= 15 is 0 Å². The lowest BCUT2D eigenvalue weighted by Crippen LogP contribution is -2.41. The number of nitrogens with zero attached hydrogens (tertiary/aromatic N) is 2. The third-order valence-corrected chi connectivity index (χ3v) is 11.7. The number of nitrogens with one attached hydrogen (secondary N) is 1. The SMILES string of the molecule is Cc1ccc(S(=O)(=O)NCC(c2ccccc2)N(/N=C/c2cccc(B3OC(C)(C)C(C)(C)O3)c2)S(=O)(=O)c2ccc(C)cc2)cc1. The summed E-state index contributed by atoms with van der Waals surface area (Å²) in [6.45, 7) is 11.4. The normalized spacial score (nSPS) is 16.8. The van der Waals surface area contributed by atoms with Crippen LogP contribution in [-0.4, -0.2) is 52.3 Å². The topological polar surface area (TPSA) is 114 Å². The minimum Gasteiger partial charge on any atom is -0.399 e. The van der Waals surface area contributed by atoms with Gasteiger partial charge in [0.25, 0.3) is 10.0 Å². The Balaban J connectivity index is 1.55. The van der Waals surface area contributed by atoms with Gasteiger partial charge < -0.3 is 9.31 Å². The van der Waals surface area contributed by atoms with Gasteiger partial charge in [0, 0.05) is 6.54 Å². The minimum absolute atomic E-state index is 0.0218. The summed E-state index contributed by atoms with van der Waals surface area (Å²) < 4.78 is 71.4. The molecule has 0 bridgehead atoms. The van der Waals surface area contributed by atoms with Crippen LogP contribution in [0.25, 0.3) is 0 Å². The average Bonchev–Trinajstić information content (AvgIpc) is 3.25. The Labute approximate surface area is 278 Å². The molecule has 12 heteroatoms. The van der Waals surface area contributed by atoms with Crippen molar-refractivity contribution < 1.29 is 26.1 Å². The van der Waals surface area contributed by atoms with Crippen LogP contribution in [0.2, 0.25) is 0 Å². The molecule has 4 aromatic rings. The number of hydrogen-bond donors (Lipinski definition) is 1. The molecule has 0 aliphatic carbocycles. The number of hydrazone groups is 1. The summed E-state index contributed by atoms with van der Waals surface area (Å²) in [5, 5.41) is 4.56. The minimum atomic E-state index is -4.28. The van der Waals surface area contributed by atoms with Crippen LogP contribution in [0.15, 0.2) is 118 Å². The molecule has 0 amide bonds. The zero-order valence-corrected chi connectivity index (χ0v) is 29.0. The van der Waals surface area contributed by atoms with E-state index in [1.807, 2.05) is 59.7 Å². The Morgan fingerprint density at radius 2 is 1.32 bits per heavy atom. The van der Waals surface area contributed by atoms with E-state index in [1.54, 1.807) is 60.7 Å². The van der Waals surface area contributed by atoms with Crippen LogP contribution in [0.1, 0.15) is 56.0 Å². The summed E-state index contributed by atoms with van der Waals surface area (Å²) in [6, 6.07) is 28.0. The zero-order valence-electron chi connectivity index (χ0n) is 27.4. The first kappa shape index (κ1) is 34.5. The van der Waals surface area contributed by atoms with Gasteiger partial charge in [0.1, 0.15) is 6.04 Å². The molecule has 1 fully saturated rings. The second kappa shape index (κ2) is 13.4. The van der Waals surface area contributed by atoms with Gasteiger partial charge in [-0.3, -0.25) is 0 Å². The van der Waals surface area contributed by atoms with Crippen LogP contribution in [0.4, 0.5) is 0 Å². The molecule has 246 valence electrons. The van der Waals surface area contributed by atoms with E-state index < -0.39 is 44.4 Å². The van der Waals surface area contributed by atoms with Crippen molar-refractivity contribution in [3.05, 3.63) is 125 Å². The lowest BCUT2D eigenvalue weighted by atomic mass is 9.78. The van der Waals surface area contributed by atoms with Gasteiger partial charge in [-0.15, -0.1) is 0 Å². The van der Waals surface area contributed by atoms with Crippen LogP contribution >= 0.6 is 0 Å². The first-order valence-corrected chi connectivity index (χ1v) is 18.2. The standard InChI is InChI=1S/C35H40BN3O6S2/c1-26-15-19-31(20-16-26)46(40,41)38-25-33(29-12-8-7-9-13-29)39(47(42,43)32-21-17-27(2)18-22-32)37-24-28-11-10-14-30(23-28)36-44-34(3,4)35(5,6)45-36/h7-24,33,38H,25H2,1-6H3/b37-24+. The molecule has 1 aliphatic heterocycles. The van der Waals surface area contributed by atoms with Gasteiger partial charge >= 0.3 is 7.12 Å². The summed E-state index contributed by atoms with van der Waals surface area (Å²) in [5.41, 5.74) is 2.66. The highest BCUT2D eigenvalue weighted by Crippen LogP contribution is 2.36. The van der Waals surface area contributed by atoms with Crippen LogP contribution < -0.4 is 10.2 Å². The number of aryl methyl sites for hydroxylation is 2. The van der Waals surface area contributed by atoms with E-state index in [-0.39, 0.29) is 16.3 Å². The summed E-state index contributed by atoms with van der Waals surface area (Å²) in [4.78, 5) is 0.0967. The Morgan fingerprint density at radius 1 is 0.766 bits per heavy atom. The van der Waals surface area contributed by atoms with Crippen LogP contribution in [0.5, 0.6) is 0 Å². The second-order valence-corrected chi connectivity index (χ2v) is 16.2. The predicted octanol–water partition coefficient (Wildman–Crippen LogP) is 5.35. The van der Waals surface area contributed by atoms with Crippen LogP contribution in [0.3, 0.4) is 0 Å². The van der Waals surface area contributed by atoms with E-state index in [9.17, 15) is 16.8 Å². The van der Waals surface area contributed by atoms with Crippen molar-refractivity contribution >= 4 is 38.8 Å². The lowest BCUT2D eigenvalue weighted by molar-refractivity contribution is 0.00578. The summed E-state index contributed by atoms with van der Waals surface area (Å²) in [6.07, 6.45) is 1.45. The predicted molar refractivity (Wildman–Crippen MR) is 186 cm³/mol. The molecule has 1 aliphatic rings. The molecule has 1 heterocycles. The van der Waals surface area contributed by atoms with Gasteiger partial charge in [-0.25, -0.2) is 13.1 Å². The van der Waals surface area contributed by atoms with E-state index in [2.05, 4.69) is 9.82 Å². The average molecular weight is 674 g/mol. The molecule has 4 aromatic carbocycles. The van der Waals surface area contributed by atoms with Gasteiger partial charge in [0.2, 0.25) is 10.0 Å².